The fraction of sp³-hybridized carbons (Fsp3) is 0.400. The number of benzene rings is 1. The molecule has 7 heteroatoms. The molecule has 1 aromatic rings. The lowest BCUT2D eigenvalue weighted by Crippen LogP contribution is -2.41. The lowest BCUT2D eigenvalue weighted by Gasteiger charge is -2.09. The van der Waals surface area contributed by atoms with Crippen LogP contribution in [0.2, 0.25) is 0 Å². The molecule has 7 nitrogen and oxygen atoms in total. The zero-order chi connectivity index (χ0) is 16.5. The molecule has 1 aromatic carbocycles. The smallest absolute Gasteiger partial charge is 0.329 e. The van der Waals surface area contributed by atoms with Crippen LogP contribution in [-0.2, 0) is 9.59 Å². The molecule has 22 heavy (non-hydrogen) atoms. The summed E-state index contributed by atoms with van der Waals surface area (Å²) in [6, 6.07) is 5.11. The third-order valence-electron chi connectivity index (χ3n) is 2.98. The van der Waals surface area contributed by atoms with Crippen LogP contribution >= 0.6 is 0 Å². The van der Waals surface area contributed by atoms with Crippen LogP contribution < -0.4 is 20.2 Å². The van der Waals surface area contributed by atoms with Crippen molar-refractivity contribution in [3.63, 3.8) is 0 Å². The van der Waals surface area contributed by atoms with E-state index in [0.29, 0.717) is 17.1 Å². The van der Waals surface area contributed by atoms with Gasteiger partial charge in [-0.2, -0.15) is 5.10 Å². The van der Waals surface area contributed by atoms with Gasteiger partial charge in [-0.1, -0.05) is 6.92 Å². The van der Waals surface area contributed by atoms with Crippen molar-refractivity contribution in [1.29, 1.82) is 0 Å². The number of carbonyl (C=O) groups excluding carboxylic acids is 2. The average Bonchev–Trinajstić information content (AvgIpc) is 2.54. The van der Waals surface area contributed by atoms with Crippen LogP contribution in [0.1, 0.15) is 25.8 Å². The van der Waals surface area contributed by atoms with Gasteiger partial charge < -0.3 is 14.8 Å². The number of amides is 2. The molecule has 0 radical (unpaired) electrons. The van der Waals surface area contributed by atoms with E-state index in [1.165, 1.54) is 13.3 Å². The number of methoxy groups -OCH3 is 2. The summed E-state index contributed by atoms with van der Waals surface area (Å²) in [5, 5.41) is 6.29. The van der Waals surface area contributed by atoms with Gasteiger partial charge in [0.25, 0.3) is 0 Å². The molecule has 0 spiro atoms. The number of rotatable bonds is 6. The maximum Gasteiger partial charge on any atom is 0.329 e. The quantitative estimate of drug-likeness (QED) is 0.467. The second kappa shape index (κ2) is 8.66. The first kappa shape index (κ1) is 17.5. The molecule has 0 unspecified atom stereocenters. The summed E-state index contributed by atoms with van der Waals surface area (Å²) >= 11 is 0. The number of nitrogens with zero attached hydrogens (tertiary/aromatic N) is 1. The Hall–Kier alpha value is -2.57. The van der Waals surface area contributed by atoms with Gasteiger partial charge in [-0.15, -0.1) is 0 Å². The molecule has 0 bridgehead atoms. The van der Waals surface area contributed by atoms with Gasteiger partial charge in [0.05, 0.1) is 20.4 Å². The van der Waals surface area contributed by atoms with Crippen molar-refractivity contribution in [3.8, 4) is 11.5 Å². The first-order valence-electron chi connectivity index (χ1n) is 6.87. The first-order chi connectivity index (χ1) is 10.5. The molecule has 0 aliphatic heterocycles. The summed E-state index contributed by atoms with van der Waals surface area (Å²) in [5.41, 5.74) is 2.87. The van der Waals surface area contributed by atoms with E-state index in [0.717, 1.165) is 6.42 Å². The van der Waals surface area contributed by atoms with Gasteiger partial charge >= 0.3 is 11.8 Å². The second-order valence-electron chi connectivity index (χ2n) is 4.60. The lowest BCUT2D eigenvalue weighted by atomic mass is 10.2. The van der Waals surface area contributed by atoms with Crippen molar-refractivity contribution in [3.05, 3.63) is 23.8 Å². The van der Waals surface area contributed by atoms with E-state index in [9.17, 15) is 9.59 Å². The predicted octanol–water partition coefficient (Wildman–Crippen LogP) is 1.07. The van der Waals surface area contributed by atoms with E-state index in [1.807, 2.05) is 13.8 Å². The molecule has 0 fully saturated rings. The largest absolute Gasteiger partial charge is 0.493 e. The Bertz CT molecular complexity index is 558. The number of ether oxygens (including phenoxy) is 2. The van der Waals surface area contributed by atoms with Crippen molar-refractivity contribution in [2.45, 2.75) is 26.3 Å². The molecule has 0 aliphatic rings. The number of hydrogen-bond donors (Lipinski definition) is 2. The Kier molecular flexibility index (Phi) is 6.88. The fourth-order valence-electron chi connectivity index (χ4n) is 1.54. The van der Waals surface area contributed by atoms with E-state index >= 15 is 0 Å². The fourth-order valence-corrected chi connectivity index (χ4v) is 1.54. The van der Waals surface area contributed by atoms with E-state index in [-0.39, 0.29) is 6.04 Å². The zero-order valence-corrected chi connectivity index (χ0v) is 13.2. The molecule has 120 valence electrons. The molecule has 0 aromatic heterocycles. The van der Waals surface area contributed by atoms with Gasteiger partial charge in [-0.05, 0) is 37.1 Å². The Morgan fingerprint density at radius 2 is 1.91 bits per heavy atom. The predicted molar refractivity (Wildman–Crippen MR) is 83.2 cm³/mol. The minimum atomic E-state index is -0.808. The van der Waals surface area contributed by atoms with Gasteiger partial charge in [0.15, 0.2) is 11.5 Å². The third kappa shape index (κ3) is 5.08. The molecular formula is C15H21N3O4. The third-order valence-corrected chi connectivity index (χ3v) is 2.98. The maximum atomic E-state index is 11.5. The summed E-state index contributed by atoms with van der Waals surface area (Å²) in [5.74, 6) is -0.375. The topological polar surface area (TPSA) is 89.0 Å². The van der Waals surface area contributed by atoms with Gasteiger partial charge in [0, 0.05) is 6.04 Å². The molecule has 2 N–H and O–H groups in total. The van der Waals surface area contributed by atoms with Crippen molar-refractivity contribution in [2.24, 2.45) is 5.10 Å². The molecule has 1 rings (SSSR count). The van der Waals surface area contributed by atoms with Crippen molar-refractivity contribution in [1.82, 2.24) is 10.7 Å². The molecule has 0 saturated heterocycles. The van der Waals surface area contributed by atoms with E-state index in [1.54, 1.807) is 25.3 Å². The number of nitrogens with one attached hydrogen (secondary N) is 2. The number of hydrazone groups is 1. The normalized spacial score (nSPS) is 11.8. The highest BCUT2D eigenvalue weighted by Crippen LogP contribution is 2.26. The van der Waals surface area contributed by atoms with Crippen LogP contribution in [0.3, 0.4) is 0 Å². The summed E-state index contributed by atoms with van der Waals surface area (Å²) in [6.07, 6.45) is 2.16. The molecule has 0 saturated carbocycles. The van der Waals surface area contributed by atoms with Crippen molar-refractivity contribution in [2.75, 3.05) is 14.2 Å². The zero-order valence-electron chi connectivity index (χ0n) is 13.2. The highest BCUT2D eigenvalue weighted by Gasteiger charge is 2.14. The van der Waals surface area contributed by atoms with Gasteiger partial charge in [-0.25, -0.2) is 5.43 Å². The van der Waals surface area contributed by atoms with Gasteiger partial charge in [-0.3, -0.25) is 9.59 Å². The van der Waals surface area contributed by atoms with Crippen molar-refractivity contribution < 1.29 is 19.1 Å². The van der Waals surface area contributed by atoms with Crippen LogP contribution in [0.15, 0.2) is 23.3 Å². The van der Waals surface area contributed by atoms with E-state index < -0.39 is 11.8 Å². The maximum absolute atomic E-state index is 11.5. The average molecular weight is 307 g/mol. The van der Waals surface area contributed by atoms with Crippen LogP contribution in [0, 0.1) is 0 Å². The first-order valence-corrected chi connectivity index (χ1v) is 6.87. The highest BCUT2D eigenvalue weighted by molar-refractivity contribution is 6.35. The second-order valence-corrected chi connectivity index (χ2v) is 4.60. The summed E-state index contributed by atoms with van der Waals surface area (Å²) in [4.78, 5) is 23.0. The minimum Gasteiger partial charge on any atom is -0.493 e. The lowest BCUT2D eigenvalue weighted by molar-refractivity contribution is -0.139. The minimum absolute atomic E-state index is 0.0620. The monoisotopic (exact) mass is 307 g/mol. The Labute approximate surface area is 129 Å². The van der Waals surface area contributed by atoms with E-state index in [4.69, 9.17) is 9.47 Å². The van der Waals surface area contributed by atoms with Crippen molar-refractivity contribution >= 4 is 18.0 Å². The summed E-state index contributed by atoms with van der Waals surface area (Å²) in [6.45, 7) is 3.73. The Balaban J connectivity index is 2.62. The van der Waals surface area contributed by atoms with Crippen LogP contribution in [-0.4, -0.2) is 38.3 Å². The summed E-state index contributed by atoms with van der Waals surface area (Å²) < 4.78 is 10.3. The molecule has 0 heterocycles. The van der Waals surface area contributed by atoms with Crippen LogP contribution in [0.4, 0.5) is 0 Å². The van der Waals surface area contributed by atoms with E-state index in [2.05, 4.69) is 15.8 Å². The Morgan fingerprint density at radius 3 is 2.50 bits per heavy atom. The van der Waals surface area contributed by atoms with Crippen LogP contribution in [0.25, 0.3) is 0 Å². The van der Waals surface area contributed by atoms with Crippen LogP contribution in [0.5, 0.6) is 11.5 Å². The molecule has 1 atom stereocenters. The standard InChI is InChI=1S/C15H21N3O4/c1-5-10(2)17-14(19)15(20)18-16-9-11-6-7-12(21-3)13(8-11)22-4/h6-10H,5H2,1-4H3,(H,17,19)(H,18,20)/b16-9-/t10-/m0/s1. The number of hydrogen-bond acceptors (Lipinski definition) is 5. The van der Waals surface area contributed by atoms with Gasteiger partial charge in [0.1, 0.15) is 0 Å². The highest BCUT2D eigenvalue weighted by atomic mass is 16.5. The summed E-state index contributed by atoms with van der Waals surface area (Å²) in [7, 11) is 3.07. The molecule has 0 aliphatic carbocycles. The Morgan fingerprint density at radius 1 is 1.23 bits per heavy atom. The molecule has 2 amide bonds. The van der Waals surface area contributed by atoms with Gasteiger partial charge in [0.2, 0.25) is 0 Å². The molecular weight excluding hydrogens is 286 g/mol. The number of carbonyl (C=O) groups is 2. The SMILES string of the molecule is CC[C@H](C)NC(=O)C(=O)N/N=C\c1ccc(OC)c(OC)c1.